The molecule has 0 amide bonds. The van der Waals surface area contributed by atoms with Gasteiger partial charge in [0.1, 0.15) is 0 Å². The van der Waals surface area contributed by atoms with Crippen LogP contribution in [0.2, 0.25) is 0 Å². The van der Waals surface area contributed by atoms with E-state index in [2.05, 4.69) is 24.9 Å². The number of rotatable bonds is 3. The maximum Gasteiger partial charge on any atom is 0.168 e. The van der Waals surface area contributed by atoms with E-state index in [-0.39, 0.29) is 5.92 Å². The molecule has 2 nitrogen and oxygen atoms in total. The van der Waals surface area contributed by atoms with Gasteiger partial charge in [0.05, 0.1) is 0 Å². The number of carbonyl (C=O) groups is 1. The number of fused-ring (bicyclic) bond motifs is 1. The predicted octanol–water partition coefficient (Wildman–Crippen LogP) is 3.71. The minimum Gasteiger partial charge on any atom is -0.360 e. The van der Waals surface area contributed by atoms with Crippen LogP contribution < -0.4 is 0 Å². The number of nitrogens with one attached hydrogen (secondary N) is 1. The van der Waals surface area contributed by atoms with Crippen LogP contribution in [0.4, 0.5) is 0 Å². The summed E-state index contributed by atoms with van der Waals surface area (Å²) in [6.45, 7) is 4.13. The lowest BCUT2D eigenvalue weighted by Gasteiger charge is -2.08. The molecule has 1 saturated carbocycles. The van der Waals surface area contributed by atoms with Crippen molar-refractivity contribution in [1.82, 2.24) is 4.98 Å². The quantitative estimate of drug-likeness (QED) is 0.797. The molecule has 3 rings (SSSR count). The van der Waals surface area contributed by atoms with Crippen LogP contribution >= 0.6 is 0 Å². The lowest BCUT2D eigenvalue weighted by Crippen LogP contribution is -2.12. The van der Waals surface area contributed by atoms with E-state index in [0.29, 0.717) is 11.7 Å². The van der Waals surface area contributed by atoms with Gasteiger partial charge in [-0.2, -0.15) is 0 Å². The van der Waals surface area contributed by atoms with Gasteiger partial charge >= 0.3 is 0 Å². The summed E-state index contributed by atoms with van der Waals surface area (Å²) >= 11 is 0. The number of benzene rings is 1. The zero-order valence-corrected chi connectivity index (χ0v) is 10.3. The van der Waals surface area contributed by atoms with Crippen LogP contribution in [0.5, 0.6) is 0 Å². The largest absolute Gasteiger partial charge is 0.360 e. The first-order chi connectivity index (χ1) is 8.18. The Hall–Kier alpha value is -1.57. The van der Waals surface area contributed by atoms with Crippen molar-refractivity contribution >= 4 is 16.7 Å². The fourth-order valence-electron chi connectivity index (χ4n) is 2.62. The first-order valence-electron chi connectivity index (χ1n) is 6.29. The highest BCUT2D eigenvalue weighted by Crippen LogP contribution is 2.39. The Morgan fingerprint density at radius 1 is 1.41 bits per heavy atom. The van der Waals surface area contributed by atoms with E-state index in [0.717, 1.165) is 16.5 Å². The van der Waals surface area contributed by atoms with Crippen molar-refractivity contribution in [2.75, 3.05) is 0 Å². The lowest BCUT2D eigenvalue weighted by atomic mass is 9.93. The van der Waals surface area contributed by atoms with Crippen LogP contribution in [-0.4, -0.2) is 10.8 Å². The van der Waals surface area contributed by atoms with Crippen LogP contribution in [0.15, 0.2) is 24.4 Å². The van der Waals surface area contributed by atoms with Crippen molar-refractivity contribution in [2.45, 2.75) is 26.7 Å². The molecule has 1 aromatic heterocycles. The van der Waals surface area contributed by atoms with E-state index in [1.165, 1.54) is 18.4 Å². The number of hydrogen-bond donors (Lipinski definition) is 1. The SMILES string of the molecule is Cc1cccc2[nH]cc(C(=O)C(C)C3CC3)c12. The number of ketones is 1. The second-order valence-electron chi connectivity index (χ2n) is 5.19. The molecule has 0 aliphatic heterocycles. The number of aryl methyl sites for hydroxylation is 1. The van der Waals surface area contributed by atoms with Crippen LogP contribution in [0.25, 0.3) is 10.9 Å². The molecule has 1 aliphatic rings. The van der Waals surface area contributed by atoms with Gasteiger partial charge < -0.3 is 4.98 Å². The van der Waals surface area contributed by atoms with Crippen LogP contribution in [0.3, 0.4) is 0 Å². The molecular formula is C15H17NO. The van der Waals surface area contributed by atoms with Gasteiger partial charge in [-0.25, -0.2) is 0 Å². The summed E-state index contributed by atoms with van der Waals surface area (Å²) in [4.78, 5) is 15.6. The highest BCUT2D eigenvalue weighted by molar-refractivity contribution is 6.09. The summed E-state index contributed by atoms with van der Waals surface area (Å²) < 4.78 is 0. The molecule has 1 fully saturated rings. The van der Waals surface area contributed by atoms with Crippen molar-refractivity contribution in [3.05, 3.63) is 35.5 Å². The van der Waals surface area contributed by atoms with Crippen molar-refractivity contribution in [3.8, 4) is 0 Å². The fraction of sp³-hybridized carbons (Fsp3) is 0.400. The third-order valence-electron chi connectivity index (χ3n) is 3.92. The average Bonchev–Trinajstić information content (AvgIpc) is 3.07. The molecule has 0 saturated heterocycles. The Morgan fingerprint density at radius 3 is 2.88 bits per heavy atom. The zero-order valence-electron chi connectivity index (χ0n) is 10.3. The number of aromatic amines is 1. The Labute approximate surface area is 101 Å². The van der Waals surface area contributed by atoms with Crippen molar-refractivity contribution in [2.24, 2.45) is 11.8 Å². The molecule has 1 aromatic carbocycles. The van der Waals surface area contributed by atoms with Crippen LogP contribution in [-0.2, 0) is 0 Å². The Bertz CT molecular complexity index is 578. The molecule has 0 radical (unpaired) electrons. The third-order valence-corrected chi connectivity index (χ3v) is 3.92. The van der Waals surface area contributed by atoms with E-state index in [1.807, 2.05) is 18.3 Å². The Balaban J connectivity index is 2.07. The number of Topliss-reactive ketones (excluding diaryl/α,β-unsaturated/α-hetero) is 1. The molecule has 1 N–H and O–H groups in total. The predicted molar refractivity (Wildman–Crippen MR) is 69.3 cm³/mol. The van der Waals surface area contributed by atoms with E-state index in [1.54, 1.807) is 0 Å². The van der Waals surface area contributed by atoms with Gasteiger partial charge in [-0.1, -0.05) is 19.1 Å². The topological polar surface area (TPSA) is 32.9 Å². The molecule has 2 aromatic rings. The molecule has 17 heavy (non-hydrogen) atoms. The highest BCUT2D eigenvalue weighted by atomic mass is 16.1. The van der Waals surface area contributed by atoms with Gasteiger partial charge in [-0.3, -0.25) is 4.79 Å². The number of aromatic nitrogens is 1. The first kappa shape index (κ1) is 10.6. The van der Waals surface area contributed by atoms with Crippen LogP contribution in [0.1, 0.15) is 35.7 Å². The van der Waals surface area contributed by atoms with Crippen molar-refractivity contribution in [1.29, 1.82) is 0 Å². The Morgan fingerprint density at radius 2 is 2.18 bits per heavy atom. The molecule has 0 bridgehead atoms. The second-order valence-corrected chi connectivity index (χ2v) is 5.19. The summed E-state index contributed by atoms with van der Waals surface area (Å²) in [7, 11) is 0. The normalized spacial score (nSPS) is 17.3. The third kappa shape index (κ3) is 1.68. The van der Waals surface area contributed by atoms with Gasteiger partial charge in [0.2, 0.25) is 0 Å². The van der Waals surface area contributed by atoms with Gasteiger partial charge in [0.25, 0.3) is 0 Å². The van der Waals surface area contributed by atoms with E-state index >= 15 is 0 Å². The second kappa shape index (κ2) is 3.73. The van der Waals surface area contributed by atoms with Gasteiger partial charge in [-0.05, 0) is 37.3 Å². The molecule has 1 heterocycles. The first-order valence-corrected chi connectivity index (χ1v) is 6.29. The number of hydrogen-bond acceptors (Lipinski definition) is 1. The maximum absolute atomic E-state index is 12.4. The van der Waals surface area contributed by atoms with E-state index in [9.17, 15) is 4.79 Å². The van der Waals surface area contributed by atoms with Crippen molar-refractivity contribution in [3.63, 3.8) is 0 Å². The molecular weight excluding hydrogens is 210 g/mol. The smallest absolute Gasteiger partial charge is 0.168 e. The lowest BCUT2D eigenvalue weighted by molar-refractivity contribution is 0.0918. The fourth-order valence-corrected chi connectivity index (χ4v) is 2.62. The monoisotopic (exact) mass is 227 g/mol. The standard InChI is InChI=1S/C15H17NO/c1-9-4-3-5-13-14(9)12(8-16-13)15(17)10(2)11-6-7-11/h3-5,8,10-11,16H,6-7H2,1-2H3. The maximum atomic E-state index is 12.4. The number of H-pyrrole nitrogens is 1. The summed E-state index contributed by atoms with van der Waals surface area (Å²) in [6.07, 6.45) is 4.31. The molecule has 1 aliphatic carbocycles. The van der Waals surface area contributed by atoms with E-state index < -0.39 is 0 Å². The minimum atomic E-state index is 0.175. The summed E-state index contributed by atoms with van der Waals surface area (Å²) in [6, 6.07) is 6.11. The molecule has 2 heteroatoms. The van der Waals surface area contributed by atoms with Gasteiger partial charge in [-0.15, -0.1) is 0 Å². The zero-order chi connectivity index (χ0) is 12.0. The summed E-state index contributed by atoms with van der Waals surface area (Å²) in [5.41, 5.74) is 3.11. The number of carbonyl (C=O) groups excluding carboxylic acids is 1. The highest BCUT2D eigenvalue weighted by Gasteiger charge is 2.33. The molecule has 88 valence electrons. The molecule has 1 atom stereocenters. The molecule has 0 spiro atoms. The van der Waals surface area contributed by atoms with E-state index in [4.69, 9.17) is 0 Å². The van der Waals surface area contributed by atoms with Crippen molar-refractivity contribution < 1.29 is 4.79 Å². The van der Waals surface area contributed by atoms with Crippen LogP contribution in [0, 0.1) is 18.8 Å². The molecule has 1 unspecified atom stereocenters. The van der Waals surface area contributed by atoms with Gasteiger partial charge in [0.15, 0.2) is 5.78 Å². The summed E-state index contributed by atoms with van der Waals surface area (Å²) in [5.74, 6) is 1.10. The minimum absolute atomic E-state index is 0.175. The summed E-state index contributed by atoms with van der Waals surface area (Å²) in [5, 5.41) is 1.10. The average molecular weight is 227 g/mol. The van der Waals surface area contributed by atoms with Gasteiger partial charge in [0, 0.05) is 28.6 Å². The Kier molecular flexibility index (Phi) is 2.32.